The number of pyridine rings is 1. The van der Waals surface area contributed by atoms with Gasteiger partial charge in [0.15, 0.2) is 0 Å². The van der Waals surface area contributed by atoms with E-state index in [-0.39, 0.29) is 0 Å². The van der Waals surface area contributed by atoms with E-state index in [2.05, 4.69) is 36.3 Å². The molecule has 15 heavy (non-hydrogen) atoms. The number of thioether (sulfide) groups is 1. The van der Waals surface area contributed by atoms with E-state index >= 15 is 0 Å². The summed E-state index contributed by atoms with van der Waals surface area (Å²) in [5.41, 5.74) is 0. The molecule has 1 heterocycles. The zero-order valence-corrected chi connectivity index (χ0v) is 10.4. The minimum absolute atomic E-state index is 0.797. The van der Waals surface area contributed by atoms with Crippen LogP contribution in [0.2, 0.25) is 0 Å². The first kappa shape index (κ1) is 12.5. The molecule has 1 N–H and O–H groups in total. The standard InChI is InChI=1S/C12H20N2S/c1-11(2)3-6-14-9-10-15-12-4-7-13-8-5-12/h4-5,7-8,11,14H,3,6,9-10H2,1-2H3. The Morgan fingerprint density at radius 1 is 1.27 bits per heavy atom. The van der Waals surface area contributed by atoms with E-state index < -0.39 is 0 Å². The Labute approximate surface area is 96.9 Å². The molecule has 0 saturated heterocycles. The predicted octanol–water partition coefficient (Wildman–Crippen LogP) is 2.81. The second-order valence-corrected chi connectivity index (χ2v) is 5.13. The van der Waals surface area contributed by atoms with Gasteiger partial charge < -0.3 is 5.32 Å². The van der Waals surface area contributed by atoms with Crippen molar-refractivity contribution in [2.75, 3.05) is 18.8 Å². The van der Waals surface area contributed by atoms with Crippen LogP contribution in [0.5, 0.6) is 0 Å². The van der Waals surface area contributed by atoms with Crippen LogP contribution < -0.4 is 5.32 Å². The Bertz CT molecular complexity index is 249. The molecule has 0 saturated carbocycles. The highest BCUT2D eigenvalue weighted by molar-refractivity contribution is 7.99. The second-order valence-electron chi connectivity index (χ2n) is 3.96. The predicted molar refractivity (Wildman–Crippen MR) is 67.3 cm³/mol. The fraction of sp³-hybridized carbons (Fsp3) is 0.583. The van der Waals surface area contributed by atoms with Crippen LogP contribution in [-0.4, -0.2) is 23.8 Å². The molecule has 3 heteroatoms. The third-order valence-corrected chi connectivity index (χ3v) is 3.11. The van der Waals surface area contributed by atoms with Gasteiger partial charge in [0.05, 0.1) is 0 Å². The Morgan fingerprint density at radius 3 is 2.67 bits per heavy atom. The molecule has 0 radical (unpaired) electrons. The molecule has 1 rings (SSSR count). The number of hydrogen-bond acceptors (Lipinski definition) is 3. The molecular formula is C12H20N2S. The summed E-state index contributed by atoms with van der Waals surface area (Å²) < 4.78 is 0. The highest BCUT2D eigenvalue weighted by Crippen LogP contribution is 2.14. The molecule has 0 aliphatic carbocycles. The third-order valence-electron chi connectivity index (χ3n) is 2.10. The first-order valence-corrected chi connectivity index (χ1v) is 6.51. The average molecular weight is 224 g/mol. The normalized spacial score (nSPS) is 10.9. The summed E-state index contributed by atoms with van der Waals surface area (Å²) in [6.07, 6.45) is 4.95. The summed E-state index contributed by atoms with van der Waals surface area (Å²) in [6, 6.07) is 4.11. The van der Waals surface area contributed by atoms with E-state index in [9.17, 15) is 0 Å². The lowest BCUT2D eigenvalue weighted by Crippen LogP contribution is -2.19. The minimum Gasteiger partial charge on any atom is -0.316 e. The van der Waals surface area contributed by atoms with Gasteiger partial charge in [0.2, 0.25) is 0 Å². The first-order chi connectivity index (χ1) is 7.29. The zero-order chi connectivity index (χ0) is 10.9. The lowest BCUT2D eigenvalue weighted by molar-refractivity contribution is 0.547. The number of nitrogens with zero attached hydrogens (tertiary/aromatic N) is 1. The molecule has 0 aliphatic rings. The van der Waals surface area contributed by atoms with Gasteiger partial charge in [0.1, 0.15) is 0 Å². The Morgan fingerprint density at radius 2 is 2.00 bits per heavy atom. The van der Waals surface area contributed by atoms with Crippen molar-refractivity contribution >= 4 is 11.8 Å². The van der Waals surface area contributed by atoms with Crippen LogP contribution in [0.3, 0.4) is 0 Å². The Hall–Kier alpha value is -0.540. The van der Waals surface area contributed by atoms with E-state index in [1.807, 2.05) is 24.2 Å². The van der Waals surface area contributed by atoms with Gasteiger partial charge in [0.25, 0.3) is 0 Å². The van der Waals surface area contributed by atoms with Gasteiger partial charge in [-0.05, 0) is 31.0 Å². The number of rotatable bonds is 7. The lowest BCUT2D eigenvalue weighted by Gasteiger charge is -2.06. The maximum Gasteiger partial charge on any atom is 0.0278 e. The number of nitrogens with one attached hydrogen (secondary N) is 1. The molecule has 0 spiro atoms. The van der Waals surface area contributed by atoms with Gasteiger partial charge in [-0.15, -0.1) is 11.8 Å². The van der Waals surface area contributed by atoms with Crippen LogP contribution >= 0.6 is 11.8 Å². The van der Waals surface area contributed by atoms with Crippen LogP contribution in [0.1, 0.15) is 20.3 Å². The molecule has 0 amide bonds. The summed E-state index contributed by atoms with van der Waals surface area (Å²) in [6.45, 7) is 6.73. The van der Waals surface area contributed by atoms with Gasteiger partial charge in [0, 0.05) is 29.6 Å². The summed E-state index contributed by atoms with van der Waals surface area (Å²) in [7, 11) is 0. The molecule has 0 bridgehead atoms. The van der Waals surface area contributed by atoms with Crippen molar-refractivity contribution in [2.24, 2.45) is 5.92 Å². The molecule has 1 aromatic heterocycles. The molecule has 2 nitrogen and oxygen atoms in total. The van der Waals surface area contributed by atoms with Crippen molar-refractivity contribution in [3.8, 4) is 0 Å². The van der Waals surface area contributed by atoms with Gasteiger partial charge in [-0.2, -0.15) is 0 Å². The molecule has 84 valence electrons. The van der Waals surface area contributed by atoms with Gasteiger partial charge in [-0.1, -0.05) is 13.8 Å². The Kier molecular flexibility index (Phi) is 6.44. The smallest absolute Gasteiger partial charge is 0.0278 e. The highest BCUT2D eigenvalue weighted by Gasteiger charge is 1.94. The summed E-state index contributed by atoms with van der Waals surface area (Å²) in [5.74, 6) is 1.92. The van der Waals surface area contributed by atoms with E-state index in [0.717, 1.165) is 24.8 Å². The van der Waals surface area contributed by atoms with Crippen molar-refractivity contribution in [1.29, 1.82) is 0 Å². The molecule has 0 unspecified atom stereocenters. The van der Waals surface area contributed by atoms with Gasteiger partial charge >= 0.3 is 0 Å². The minimum atomic E-state index is 0.797. The summed E-state index contributed by atoms with van der Waals surface area (Å²) in [5, 5.41) is 3.45. The molecule has 0 aromatic carbocycles. The molecule has 1 aromatic rings. The van der Waals surface area contributed by atoms with Gasteiger partial charge in [-0.3, -0.25) is 4.98 Å². The lowest BCUT2D eigenvalue weighted by atomic mass is 10.1. The van der Waals surface area contributed by atoms with E-state index in [0.29, 0.717) is 0 Å². The van der Waals surface area contributed by atoms with Crippen LogP contribution in [0.25, 0.3) is 0 Å². The average Bonchev–Trinajstić information content (AvgIpc) is 2.24. The number of hydrogen-bond donors (Lipinski definition) is 1. The molecule has 0 aliphatic heterocycles. The quantitative estimate of drug-likeness (QED) is 0.569. The number of aromatic nitrogens is 1. The second kappa shape index (κ2) is 7.71. The third kappa shape index (κ3) is 6.52. The van der Waals surface area contributed by atoms with E-state index in [4.69, 9.17) is 0 Å². The zero-order valence-electron chi connectivity index (χ0n) is 9.57. The van der Waals surface area contributed by atoms with Crippen molar-refractivity contribution in [1.82, 2.24) is 10.3 Å². The van der Waals surface area contributed by atoms with E-state index in [1.165, 1.54) is 11.3 Å². The highest BCUT2D eigenvalue weighted by atomic mass is 32.2. The van der Waals surface area contributed by atoms with Crippen LogP contribution in [0.4, 0.5) is 0 Å². The summed E-state index contributed by atoms with van der Waals surface area (Å²) >= 11 is 1.88. The van der Waals surface area contributed by atoms with Crippen LogP contribution in [-0.2, 0) is 0 Å². The van der Waals surface area contributed by atoms with Crippen molar-refractivity contribution in [3.63, 3.8) is 0 Å². The SMILES string of the molecule is CC(C)CCNCCSc1ccncc1. The van der Waals surface area contributed by atoms with Crippen LogP contribution in [0, 0.1) is 5.92 Å². The van der Waals surface area contributed by atoms with Gasteiger partial charge in [-0.25, -0.2) is 0 Å². The molecule has 0 atom stereocenters. The van der Waals surface area contributed by atoms with Crippen molar-refractivity contribution < 1.29 is 0 Å². The van der Waals surface area contributed by atoms with Crippen molar-refractivity contribution in [3.05, 3.63) is 24.5 Å². The molecule has 0 fully saturated rings. The first-order valence-electron chi connectivity index (χ1n) is 5.52. The fourth-order valence-electron chi connectivity index (χ4n) is 1.19. The van der Waals surface area contributed by atoms with Crippen LogP contribution in [0.15, 0.2) is 29.4 Å². The maximum atomic E-state index is 3.99. The Balaban J connectivity index is 1.98. The maximum absolute atomic E-state index is 3.99. The van der Waals surface area contributed by atoms with Crippen molar-refractivity contribution in [2.45, 2.75) is 25.2 Å². The topological polar surface area (TPSA) is 24.9 Å². The monoisotopic (exact) mass is 224 g/mol. The fourth-order valence-corrected chi connectivity index (χ4v) is 1.99. The molecular weight excluding hydrogens is 204 g/mol. The van der Waals surface area contributed by atoms with E-state index in [1.54, 1.807) is 0 Å². The largest absolute Gasteiger partial charge is 0.316 e. The summed E-state index contributed by atoms with van der Waals surface area (Å²) in [4.78, 5) is 5.30.